The molecule has 2 unspecified atom stereocenters. The molecule has 0 saturated heterocycles. The summed E-state index contributed by atoms with van der Waals surface area (Å²) in [6.07, 6.45) is 11.2. The fourth-order valence-electron chi connectivity index (χ4n) is 6.35. The Morgan fingerprint density at radius 1 is 0.980 bits per heavy atom. The Balaban J connectivity index is 2.37. The van der Waals surface area contributed by atoms with Crippen LogP contribution in [0, 0.1) is 29.6 Å². The van der Waals surface area contributed by atoms with Crippen LogP contribution in [-0.4, -0.2) is 46.6 Å². The second-order valence-electron chi connectivity index (χ2n) is 15.4. The molecule has 0 spiro atoms. The van der Waals surface area contributed by atoms with Crippen molar-refractivity contribution in [2.75, 3.05) is 13.9 Å². The summed E-state index contributed by atoms with van der Waals surface area (Å²) < 4.78 is 29.9. The average Bonchev–Trinajstić information content (AvgIpc) is 3.02. The maximum Gasteiger partial charge on any atom is 0.404 e. The third-order valence-corrected chi connectivity index (χ3v) is 14.5. The number of hydrogen-bond donors (Lipinski definition) is 1. The van der Waals surface area contributed by atoms with E-state index in [9.17, 15) is 9.59 Å². The second kappa shape index (κ2) is 19.4. The van der Waals surface area contributed by atoms with Crippen LogP contribution >= 0.6 is 0 Å². The summed E-state index contributed by atoms with van der Waals surface area (Å²) in [5.41, 5.74) is 7.93. The predicted octanol–water partition coefficient (Wildman–Crippen LogP) is 9.91. The molecule has 0 aliphatic rings. The molecule has 0 aliphatic heterocycles. The minimum Gasteiger partial charge on any atom is -0.445 e. The lowest BCUT2D eigenvalue weighted by Crippen LogP contribution is -2.50. The molecule has 0 radical (unpaired) electrons. The summed E-state index contributed by atoms with van der Waals surface area (Å²) in [4.78, 5) is 23.8. The van der Waals surface area contributed by atoms with Gasteiger partial charge in [0.15, 0.2) is 8.32 Å². The highest BCUT2D eigenvalue weighted by Gasteiger charge is 2.44. The minimum atomic E-state index is -2.21. The Morgan fingerprint density at radius 2 is 1.62 bits per heavy atom. The first-order valence-corrected chi connectivity index (χ1v) is 20.6. The molecule has 1 amide bonds. The van der Waals surface area contributed by atoms with Crippen LogP contribution in [0.1, 0.15) is 74.3 Å². The lowest BCUT2D eigenvalue weighted by Gasteiger charge is -2.44. The first-order valence-electron chi connectivity index (χ1n) is 17.7. The highest BCUT2D eigenvalue weighted by atomic mass is 28.4. The Kier molecular flexibility index (Phi) is 16.6. The van der Waals surface area contributed by atoms with Gasteiger partial charge in [-0.2, -0.15) is 0 Å². The molecule has 278 valence electrons. The van der Waals surface area contributed by atoms with Crippen LogP contribution in [0.3, 0.4) is 0 Å². The minimum absolute atomic E-state index is 0.00531. The molecule has 1 aromatic carbocycles. The smallest absolute Gasteiger partial charge is 0.404 e. The van der Waals surface area contributed by atoms with Gasteiger partial charge < -0.3 is 28.8 Å². The van der Waals surface area contributed by atoms with Crippen LogP contribution < -0.4 is 11.4 Å². The number of benzene rings is 1. The molecule has 50 heavy (non-hydrogen) atoms. The zero-order chi connectivity index (χ0) is 37.8. The van der Waals surface area contributed by atoms with Gasteiger partial charge in [0.05, 0.1) is 12.2 Å². The van der Waals surface area contributed by atoms with Crippen molar-refractivity contribution in [1.29, 1.82) is 0 Å². The molecule has 2 N–H and O–H groups in total. The van der Waals surface area contributed by atoms with Crippen LogP contribution in [0.15, 0.2) is 82.1 Å². The van der Waals surface area contributed by atoms with Crippen molar-refractivity contribution in [3.05, 3.63) is 88.8 Å². The third kappa shape index (κ3) is 12.8. The Hall–Kier alpha value is -3.24. The molecular weight excluding hydrogens is 647 g/mol. The largest absolute Gasteiger partial charge is 0.445 e. The Labute approximate surface area is 301 Å². The number of nitrogens with two attached hydrogens (primary N) is 1. The summed E-state index contributed by atoms with van der Waals surface area (Å²) in [5, 5.41) is 0.870. The van der Waals surface area contributed by atoms with Crippen molar-refractivity contribution in [2.24, 2.45) is 35.3 Å². The van der Waals surface area contributed by atoms with Crippen molar-refractivity contribution in [3.8, 4) is 0 Å². The van der Waals surface area contributed by atoms with Crippen molar-refractivity contribution in [2.45, 2.75) is 105 Å². The molecule has 1 aromatic heterocycles. The maximum atomic E-state index is 12.1. The van der Waals surface area contributed by atoms with E-state index in [0.29, 0.717) is 5.58 Å². The molecule has 2 rings (SSSR count). The summed E-state index contributed by atoms with van der Waals surface area (Å²) in [6.45, 7) is 28.0. The van der Waals surface area contributed by atoms with E-state index in [1.807, 2.05) is 43.4 Å². The highest BCUT2D eigenvalue weighted by Crippen LogP contribution is 2.41. The van der Waals surface area contributed by atoms with Crippen LogP contribution in [0.5, 0.6) is 0 Å². The normalized spacial score (nSPS) is 18.0. The van der Waals surface area contributed by atoms with E-state index in [2.05, 4.69) is 87.2 Å². The number of carbonyl (C=O) groups excluding carboxylic acids is 1. The highest BCUT2D eigenvalue weighted by molar-refractivity contribution is 6.74. The monoisotopic (exact) mass is 709 g/mol. The SMILES string of the molecule is C=C/C=C\C(C)[C@H](OC(N)=O)[C@@H](C)[C@H](O[Si](C)(C)C(C)(C)C)[C@@H](C)C/C(C)=C\[C@H](C)[C@@H](OCOC)C(C)/C=C\c1ccc2ccc(=O)oc2c1. The van der Waals surface area contributed by atoms with E-state index in [0.717, 1.165) is 17.4 Å². The van der Waals surface area contributed by atoms with E-state index in [-0.39, 0.29) is 59.3 Å². The zero-order valence-corrected chi connectivity index (χ0v) is 33.5. The topological polar surface area (TPSA) is 110 Å². The van der Waals surface area contributed by atoms with Crippen LogP contribution in [-0.2, 0) is 18.6 Å². The molecule has 8 nitrogen and oxygen atoms in total. The number of allylic oxidation sites excluding steroid dienone is 3. The molecule has 8 atom stereocenters. The first kappa shape index (κ1) is 42.9. The van der Waals surface area contributed by atoms with E-state index in [4.69, 9.17) is 28.8 Å². The van der Waals surface area contributed by atoms with E-state index in [1.165, 1.54) is 11.6 Å². The second-order valence-corrected chi connectivity index (χ2v) is 20.2. The molecule has 0 bridgehead atoms. The van der Waals surface area contributed by atoms with Gasteiger partial charge in [0, 0.05) is 42.2 Å². The lowest BCUT2D eigenvalue weighted by molar-refractivity contribution is -0.0947. The standard InChI is InChI=1S/C41H63NO7Si/c1-14-15-16-28(3)38(48-40(42)44)32(7)39(49-50(12,13)41(8,9)10)31(6)24-27(2)23-30(5)37(46-26-45-11)29(4)17-18-33-19-20-34-21-22-36(43)47-35(34)25-33/h14-23,25,28-32,37-39H,1,24,26H2,2-13H3,(H2,42,44)/b16-15-,18-17-,27-23-/t28?,29?,30-,31-,32+,37-,38-,39+/m0/s1. The van der Waals surface area contributed by atoms with Crippen molar-refractivity contribution in [1.82, 2.24) is 0 Å². The van der Waals surface area contributed by atoms with Gasteiger partial charge in [0.1, 0.15) is 18.5 Å². The number of primary amides is 1. The Morgan fingerprint density at radius 3 is 2.22 bits per heavy atom. The molecule has 0 fully saturated rings. The molecule has 0 saturated carbocycles. The van der Waals surface area contributed by atoms with Gasteiger partial charge in [-0.3, -0.25) is 0 Å². The number of hydrogen-bond acceptors (Lipinski definition) is 7. The van der Waals surface area contributed by atoms with Crippen molar-refractivity contribution >= 4 is 31.5 Å². The molecular formula is C41H63NO7Si. The van der Waals surface area contributed by atoms with Gasteiger partial charge in [-0.1, -0.05) is 116 Å². The molecule has 2 aromatic rings. The summed E-state index contributed by atoms with van der Waals surface area (Å²) in [7, 11) is -0.588. The summed E-state index contributed by atoms with van der Waals surface area (Å²) in [5.74, 6) is 0.00448. The fourth-order valence-corrected chi connectivity index (χ4v) is 7.84. The average molecular weight is 710 g/mol. The number of methoxy groups -OCH3 is 1. The predicted molar refractivity (Wildman–Crippen MR) is 208 cm³/mol. The maximum absolute atomic E-state index is 12.1. The number of amides is 1. The fraction of sp³-hybridized carbons (Fsp3) is 0.561. The van der Waals surface area contributed by atoms with Gasteiger partial charge in [-0.15, -0.1) is 0 Å². The quantitative estimate of drug-likeness (QED) is 0.0508. The van der Waals surface area contributed by atoms with Gasteiger partial charge in [-0.05, 0) is 55.1 Å². The van der Waals surface area contributed by atoms with E-state index < -0.39 is 20.5 Å². The molecule has 9 heteroatoms. The lowest BCUT2D eigenvalue weighted by atomic mass is 9.81. The van der Waals surface area contributed by atoms with Crippen LogP contribution in [0.4, 0.5) is 4.79 Å². The van der Waals surface area contributed by atoms with Gasteiger partial charge in [0.2, 0.25) is 0 Å². The third-order valence-electron chi connectivity index (χ3n) is 10.0. The molecule has 1 heterocycles. The van der Waals surface area contributed by atoms with E-state index >= 15 is 0 Å². The van der Waals surface area contributed by atoms with E-state index in [1.54, 1.807) is 19.3 Å². The van der Waals surface area contributed by atoms with Gasteiger partial charge in [0.25, 0.3) is 0 Å². The molecule has 0 aliphatic carbocycles. The zero-order valence-electron chi connectivity index (χ0n) is 32.5. The summed E-state index contributed by atoms with van der Waals surface area (Å²) >= 11 is 0. The Bertz CT molecular complexity index is 1540. The van der Waals surface area contributed by atoms with Crippen LogP contribution in [0.2, 0.25) is 18.1 Å². The first-order chi connectivity index (χ1) is 23.3. The number of fused-ring (bicyclic) bond motifs is 1. The van der Waals surface area contributed by atoms with Crippen molar-refractivity contribution < 1.29 is 27.8 Å². The summed E-state index contributed by atoms with van der Waals surface area (Å²) in [6, 6.07) is 9.02. The van der Waals surface area contributed by atoms with Gasteiger partial charge in [-0.25, -0.2) is 9.59 Å². The van der Waals surface area contributed by atoms with Gasteiger partial charge >= 0.3 is 11.7 Å². The number of carbonyl (C=O) groups is 1. The number of rotatable bonds is 19. The van der Waals surface area contributed by atoms with Crippen molar-refractivity contribution in [3.63, 3.8) is 0 Å². The van der Waals surface area contributed by atoms with Crippen LogP contribution in [0.25, 0.3) is 17.0 Å². The number of ether oxygens (including phenoxy) is 3.